The highest BCUT2D eigenvalue weighted by atomic mass is 19.2. The number of aromatic nitrogens is 2. The molecule has 0 saturated heterocycles. The van der Waals surface area contributed by atoms with E-state index in [9.17, 15) is 13.2 Å². The van der Waals surface area contributed by atoms with Crippen LogP contribution in [0.15, 0.2) is 30.6 Å². The molecule has 1 aromatic heterocycles. The van der Waals surface area contributed by atoms with Gasteiger partial charge in [-0.1, -0.05) is 0 Å². The first-order chi connectivity index (χ1) is 9.06. The third kappa shape index (κ3) is 3.57. The monoisotopic (exact) mass is 269 g/mol. The van der Waals surface area contributed by atoms with Gasteiger partial charge in [0.25, 0.3) is 0 Å². The van der Waals surface area contributed by atoms with Gasteiger partial charge >= 0.3 is 0 Å². The number of hydrogen-bond donors (Lipinski definition) is 1. The number of nitrogens with zero attached hydrogens (tertiary/aromatic N) is 2. The van der Waals surface area contributed by atoms with Gasteiger partial charge in [0.05, 0.1) is 6.54 Å². The Bertz CT molecular complexity index is 517. The van der Waals surface area contributed by atoms with E-state index in [1.165, 1.54) is 0 Å². The minimum absolute atomic E-state index is 0.0658. The number of benzene rings is 1. The van der Waals surface area contributed by atoms with Gasteiger partial charge in [0.1, 0.15) is 0 Å². The van der Waals surface area contributed by atoms with Crippen LogP contribution < -0.4 is 5.32 Å². The Balaban J connectivity index is 1.91. The molecule has 0 bridgehead atoms. The highest BCUT2D eigenvalue weighted by Crippen LogP contribution is 2.13. The minimum Gasteiger partial charge on any atom is -0.308 e. The predicted molar refractivity (Wildman–Crippen MR) is 64.8 cm³/mol. The quantitative estimate of drug-likeness (QED) is 0.845. The molecule has 1 atom stereocenters. The van der Waals surface area contributed by atoms with Crippen LogP contribution in [-0.2, 0) is 13.1 Å². The van der Waals surface area contributed by atoms with Crippen LogP contribution >= 0.6 is 0 Å². The third-order valence-electron chi connectivity index (χ3n) is 2.72. The van der Waals surface area contributed by atoms with Gasteiger partial charge in [-0.25, -0.2) is 13.2 Å². The second-order valence-electron chi connectivity index (χ2n) is 4.38. The molecule has 2 aromatic rings. The fourth-order valence-electron chi connectivity index (χ4n) is 1.76. The van der Waals surface area contributed by atoms with E-state index in [1.807, 2.05) is 19.2 Å². The summed E-state index contributed by atoms with van der Waals surface area (Å²) in [5.41, 5.74) is 0.365. The molecule has 0 amide bonds. The molecule has 1 unspecified atom stereocenters. The molecular weight excluding hydrogens is 255 g/mol. The molecule has 19 heavy (non-hydrogen) atoms. The average molecular weight is 269 g/mol. The lowest BCUT2D eigenvalue weighted by molar-refractivity contribution is 0.434. The molecule has 0 aliphatic carbocycles. The molecule has 0 fully saturated rings. The zero-order valence-electron chi connectivity index (χ0n) is 10.4. The van der Waals surface area contributed by atoms with Crippen molar-refractivity contribution in [3.8, 4) is 0 Å². The number of halogens is 3. The molecule has 0 spiro atoms. The van der Waals surface area contributed by atoms with Crippen molar-refractivity contribution in [2.75, 3.05) is 0 Å². The lowest BCUT2D eigenvalue weighted by Crippen LogP contribution is -2.30. The first kappa shape index (κ1) is 13.6. The van der Waals surface area contributed by atoms with Crippen molar-refractivity contribution in [1.82, 2.24) is 15.1 Å². The molecule has 6 heteroatoms. The fourth-order valence-corrected chi connectivity index (χ4v) is 1.76. The molecular formula is C13H14F3N3. The lowest BCUT2D eigenvalue weighted by Gasteiger charge is -2.14. The van der Waals surface area contributed by atoms with Crippen molar-refractivity contribution in [2.45, 2.75) is 26.1 Å². The summed E-state index contributed by atoms with van der Waals surface area (Å²) in [6.45, 7) is 2.83. The molecule has 1 heterocycles. The van der Waals surface area contributed by atoms with E-state index in [1.54, 1.807) is 10.9 Å². The van der Waals surface area contributed by atoms with Gasteiger partial charge in [0.2, 0.25) is 0 Å². The maximum atomic E-state index is 13.0. The Morgan fingerprint density at radius 1 is 1.26 bits per heavy atom. The topological polar surface area (TPSA) is 29.9 Å². The van der Waals surface area contributed by atoms with E-state index in [-0.39, 0.29) is 12.6 Å². The third-order valence-corrected chi connectivity index (χ3v) is 2.72. The van der Waals surface area contributed by atoms with Crippen LogP contribution in [0.4, 0.5) is 13.2 Å². The zero-order chi connectivity index (χ0) is 13.8. The van der Waals surface area contributed by atoms with Gasteiger partial charge < -0.3 is 5.32 Å². The van der Waals surface area contributed by atoms with E-state index in [2.05, 4.69) is 10.4 Å². The summed E-state index contributed by atoms with van der Waals surface area (Å²) in [6, 6.07) is 3.87. The van der Waals surface area contributed by atoms with Crippen LogP contribution in [0, 0.1) is 17.5 Å². The SMILES string of the molecule is CC(Cn1cccn1)NCc1cc(F)c(F)c(F)c1. The largest absolute Gasteiger partial charge is 0.308 e. The number of hydrogen-bond acceptors (Lipinski definition) is 2. The first-order valence-corrected chi connectivity index (χ1v) is 5.90. The highest BCUT2D eigenvalue weighted by Gasteiger charge is 2.11. The predicted octanol–water partition coefficient (Wildman–Crippen LogP) is 2.48. The smallest absolute Gasteiger partial charge is 0.194 e. The van der Waals surface area contributed by atoms with Gasteiger partial charge in [0.15, 0.2) is 17.5 Å². The van der Waals surface area contributed by atoms with Gasteiger partial charge in [-0.05, 0) is 30.7 Å². The molecule has 0 aliphatic rings. The van der Waals surface area contributed by atoms with E-state index < -0.39 is 17.5 Å². The lowest BCUT2D eigenvalue weighted by atomic mass is 10.2. The molecule has 1 N–H and O–H groups in total. The first-order valence-electron chi connectivity index (χ1n) is 5.90. The van der Waals surface area contributed by atoms with Gasteiger partial charge in [-0.2, -0.15) is 5.10 Å². The maximum absolute atomic E-state index is 13.0. The van der Waals surface area contributed by atoms with Crippen molar-refractivity contribution in [2.24, 2.45) is 0 Å². The molecule has 0 radical (unpaired) electrons. The van der Waals surface area contributed by atoms with Crippen LogP contribution in [0.5, 0.6) is 0 Å². The van der Waals surface area contributed by atoms with Crippen molar-refractivity contribution >= 4 is 0 Å². The second kappa shape index (κ2) is 5.88. The molecule has 2 rings (SSSR count). The van der Waals surface area contributed by atoms with Crippen LogP contribution in [-0.4, -0.2) is 15.8 Å². The van der Waals surface area contributed by atoms with E-state index >= 15 is 0 Å². The Morgan fingerprint density at radius 3 is 2.53 bits per heavy atom. The molecule has 1 aromatic carbocycles. The summed E-state index contributed by atoms with van der Waals surface area (Å²) in [7, 11) is 0. The minimum atomic E-state index is -1.44. The summed E-state index contributed by atoms with van der Waals surface area (Å²) in [5.74, 6) is -3.78. The van der Waals surface area contributed by atoms with Crippen LogP contribution in [0.2, 0.25) is 0 Å². The average Bonchev–Trinajstić information content (AvgIpc) is 2.86. The summed E-state index contributed by atoms with van der Waals surface area (Å²) in [4.78, 5) is 0. The van der Waals surface area contributed by atoms with Gasteiger partial charge in [-0.3, -0.25) is 4.68 Å². The molecule has 0 saturated carbocycles. The summed E-state index contributed by atoms with van der Waals surface area (Å²) < 4.78 is 40.6. The molecule has 3 nitrogen and oxygen atoms in total. The number of nitrogens with one attached hydrogen (secondary N) is 1. The van der Waals surface area contributed by atoms with Crippen molar-refractivity contribution in [3.05, 3.63) is 53.6 Å². The van der Waals surface area contributed by atoms with E-state index in [4.69, 9.17) is 0 Å². The number of rotatable bonds is 5. The normalized spacial score (nSPS) is 12.6. The Labute approximate surface area is 109 Å². The standard InChI is InChI=1S/C13H14F3N3/c1-9(8-19-4-2-3-18-19)17-7-10-5-11(14)13(16)12(15)6-10/h2-6,9,17H,7-8H2,1H3. The van der Waals surface area contributed by atoms with Crippen molar-refractivity contribution < 1.29 is 13.2 Å². The summed E-state index contributed by atoms with van der Waals surface area (Å²) in [5, 5.41) is 7.15. The zero-order valence-corrected chi connectivity index (χ0v) is 10.4. The van der Waals surface area contributed by atoms with Crippen LogP contribution in [0.3, 0.4) is 0 Å². The molecule has 0 aliphatic heterocycles. The van der Waals surface area contributed by atoms with E-state index in [0.717, 1.165) is 12.1 Å². The van der Waals surface area contributed by atoms with E-state index in [0.29, 0.717) is 12.1 Å². The van der Waals surface area contributed by atoms with Crippen molar-refractivity contribution in [1.29, 1.82) is 0 Å². The van der Waals surface area contributed by atoms with Crippen molar-refractivity contribution in [3.63, 3.8) is 0 Å². The molecule has 102 valence electrons. The maximum Gasteiger partial charge on any atom is 0.194 e. The Hall–Kier alpha value is -1.82. The Morgan fingerprint density at radius 2 is 1.95 bits per heavy atom. The van der Waals surface area contributed by atoms with Gasteiger partial charge in [0, 0.05) is 25.0 Å². The summed E-state index contributed by atoms with van der Waals surface area (Å²) >= 11 is 0. The van der Waals surface area contributed by atoms with Gasteiger partial charge in [-0.15, -0.1) is 0 Å². The van der Waals surface area contributed by atoms with Crippen LogP contribution in [0.1, 0.15) is 12.5 Å². The summed E-state index contributed by atoms with van der Waals surface area (Å²) in [6.07, 6.45) is 3.51. The van der Waals surface area contributed by atoms with Crippen LogP contribution in [0.25, 0.3) is 0 Å². The fraction of sp³-hybridized carbons (Fsp3) is 0.308. The Kier molecular flexibility index (Phi) is 4.21. The highest BCUT2D eigenvalue weighted by molar-refractivity contribution is 5.19. The second-order valence-corrected chi connectivity index (χ2v) is 4.38.